The molecule has 156 valence electrons. The number of hydrogen-bond donors (Lipinski definition) is 1. The van der Waals surface area contributed by atoms with Gasteiger partial charge in [-0.05, 0) is 42.0 Å². The molecule has 0 aromatic heterocycles. The fourth-order valence-electron chi connectivity index (χ4n) is 2.75. The average molecular weight is 434 g/mol. The van der Waals surface area contributed by atoms with Crippen molar-refractivity contribution in [3.8, 4) is 0 Å². The van der Waals surface area contributed by atoms with E-state index < -0.39 is 33.4 Å². The van der Waals surface area contributed by atoms with Crippen molar-refractivity contribution >= 4 is 27.3 Å². The Morgan fingerprint density at radius 3 is 2.20 bits per heavy atom. The topological polar surface area (TPSA) is 66.5 Å². The van der Waals surface area contributed by atoms with Crippen molar-refractivity contribution in [2.45, 2.75) is 6.54 Å². The van der Waals surface area contributed by atoms with Crippen LogP contribution in [0.2, 0.25) is 0 Å². The molecule has 3 aromatic carbocycles. The van der Waals surface area contributed by atoms with Crippen molar-refractivity contribution in [1.82, 2.24) is 0 Å². The number of nitrogens with zero attached hydrogens (tertiary/aromatic N) is 1. The first-order chi connectivity index (χ1) is 14.1. The fourth-order valence-corrected chi connectivity index (χ4v) is 3.64. The molecule has 9 heteroatoms. The van der Waals surface area contributed by atoms with Gasteiger partial charge in [0.25, 0.3) is 5.91 Å². The predicted molar refractivity (Wildman–Crippen MR) is 108 cm³/mol. The van der Waals surface area contributed by atoms with E-state index in [0.717, 1.165) is 28.8 Å². The second-order valence-electron chi connectivity index (χ2n) is 6.50. The summed E-state index contributed by atoms with van der Waals surface area (Å²) in [6.07, 6.45) is 0.971. The van der Waals surface area contributed by atoms with Crippen LogP contribution < -0.4 is 9.62 Å². The maximum atomic E-state index is 14.1. The fraction of sp³-hybridized carbons (Fsp3) is 0.0952. The summed E-state index contributed by atoms with van der Waals surface area (Å²) in [7, 11) is -3.77. The lowest BCUT2D eigenvalue weighted by atomic mass is 10.1. The minimum atomic E-state index is -3.77. The molecule has 1 amide bonds. The highest BCUT2D eigenvalue weighted by Crippen LogP contribution is 2.24. The Kier molecular flexibility index (Phi) is 6.12. The highest BCUT2D eigenvalue weighted by Gasteiger charge is 2.21. The molecule has 0 fully saturated rings. The van der Waals surface area contributed by atoms with Gasteiger partial charge in [-0.2, -0.15) is 0 Å². The number of amides is 1. The predicted octanol–water partition coefficient (Wildman–Crippen LogP) is 4.32. The molecule has 0 unspecified atom stereocenters. The van der Waals surface area contributed by atoms with Gasteiger partial charge in [0.2, 0.25) is 10.0 Å². The largest absolute Gasteiger partial charge is 0.319 e. The summed E-state index contributed by atoms with van der Waals surface area (Å²) in [5.41, 5.74) is 0.425. The zero-order valence-corrected chi connectivity index (χ0v) is 16.6. The van der Waals surface area contributed by atoms with Crippen molar-refractivity contribution < 1.29 is 26.4 Å². The number of sulfonamides is 1. The third-order valence-electron chi connectivity index (χ3n) is 4.24. The van der Waals surface area contributed by atoms with E-state index in [1.54, 1.807) is 0 Å². The SMILES string of the molecule is CS(=O)(=O)N(Cc1ccc(C(=O)Nc2ccc(F)cc2F)cc1)c1ccccc1F. The zero-order valence-electron chi connectivity index (χ0n) is 15.8. The van der Waals surface area contributed by atoms with E-state index in [-0.39, 0.29) is 23.5 Å². The van der Waals surface area contributed by atoms with E-state index in [0.29, 0.717) is 11.6 Å². The quantitative estimate of drug-likeness (QED) is 0.628. The lowest BCUT2D eigenvalue weighted by Gasteiger charge is -2.23. The lowest BCUT2D eigenvalue weighted by molar-refractivity contribution is 0.102. The van der Waals surface area contributed by atoms with Crippen LogP contribution in [-0.2, 0) is 16.6 Å². The number of anilines is 2. The molecule has 30 heavy (non-hydrogen) atoms. The number of carbonyl (C=O) groups excluding carboxylic acids is 1. The van der Waals surface area contributed by atoms with Crippen molar-refractivity contribution in [3.05, 3.63) is 95.3 Å². The Morgan fingerprint density at radius 2 is 1.60 bits per heavy atom. The summed E-state index contributed by atoms with van der Waals surface area (Å²) < 4.78 is 66.0. The minimum Gasteiger partial charge on any atom is -0.319 e. The normalized spacial score (nSPS) is 11.2. The molecule has 0 radical (unpaired) electrons. The molecular formula is C21H17F3N2O3S. The van der Waals surface area contributed by atoms with E-state index in [1.165, 1.54) is 42.5 Å². The van der Waals surface area contributed by atoms with E-state index >= 15 is 0 Å². The monoisotopic (exact) mass is 434 g/mol. The maximum absolute atomic E-state index is 14.1. The summed E-state index contributed by atoms with van der Waals surface area (Å²) in [5, 5.41) is 2.34. The van der Waals surface area contributed by atoms with Crippen LogP contribution in [0.3, 0.4) is 0 Å². The number of para-hydroxylation sites is 1. The number of carbonyl (C=O) groups is 1. The van der Waals surface area contributed by atoms with Gasteiger partial charge in [0.15, 0.2) is 0 Å². The Labute approximate surface area is 171 Å². The summed E-state index contributed by atoms with van der Waals surface area (Å²) in [5.74, 6) is -2.98. The Balaban J connectivity index is 1.79. The van der Waals surface area contributed by atoms with E-state index in [1.807, 2.05) is 0 Å². The first-order valence-electron chi connectivity index (χ1n) is 8.73. The molecule has 0 aliphatic carbocycles. The van der Waals surface area contributed by atoms with Crippen molar-refractivity contribution in [2.24, 2.45) is 0 Å². The second kappa shape index (κ2) is 8.58. The van der Waals surface area contributed by atoms with Crippen LogP contribution in [-0.4, -0.2) is 20.6 Å². The Morgan fingerprint density at radius 1 is 0.933 bits per heavy atom. The summed E-state index contributed by atoms with van der Waals surface area (Å²) in [4.78, 5) is 12.3. The van der Waals surface area contributed by atoms with Crippen LogP contribution >= 0.6 is 0 Å². The standard InChI is InChI=1S/C21H17F3N2O3S/c1-30(28,29)26(20-5-3-2-4-17(20)23)13-14-6-8-15(9-7-14)21(27)25-19-11-10-16(22)12-18(19)24/h2-12H,13H2,1H3,(H,25,27). The van der Waals surface area contributed by atoms with Crippen LogP contribution in [0.15, 0.2) is 66.7 Å². The van der Waals surface area contributed by atoms with Gasteiger partial charge in [0.05, 0.1) is 24.2 Å². The molecular weight excluding hydrogens is 417 g/mol. The molecule has 0 saturated carbocycles. The first kappa shape index (κ1) is 21.4. The average Bonchev–Trinajstić information content (AvgIpc) is 2.68. The summed E-state index contributed by atoms with van der Waals surface area (Å²) in [6.45, 7) is -0.145. The Bertz CT molecular complexity index is 1180. The van der Waals surface area contributed by atoms with Gasteiger partial charge in [-0.1, -0.05) is 24.3 Å². The molecule has 0 spiro atoms. The molecule has 0 bridgehead atoms. The van der Waals surface area contributed by atoms with Crippen LogP contribution in [0.4, 0.5) is 24.5 Å². The van der Waals surface area contributed by atoms with Crippen molar-refractivity contribution in [3.63, 3.8) is 0 Å². The smallest absolute Gasteiger partial charge is 0.255 e. The van der Waals surface area contributed by atoms with Gasteiger partial charge in [0.1, 0.15) is 17.5 Å². The van der Waals surface area contributed by atoms with Crippen LogP contribution in [0.25, 0.3) is 0 Å². The van der Waals surface area contributed by atoms with Crippen LogP contribution in [0, 0.1) is 17.5 Å². The molecule has 3 aromatic rings. The molecule has 3 rings (SSSR count). The third-order valence-corrected chi connectivity index (χ3v) is 5.37. The second-order valence-corrected chi connectivity index (χ2v) is 8.40. The first-order valence-corrected chi connectivity index (χ1v) is 10.6. The van der Waals surface area contributed by atoms with Crippen molar-refractivity contribution in [1.29, 1.82) is 0 Å². The van der Waals surface area contributed by atoms with E-state index in [4.69, 9.17) is 0 Å². The van der Waals surface area contributed by atoms with Gasteiger partial charge in [-0.25, -0.2) is 21.6 Å². The number of hydrogen-bond acceptors (Lipinski definition) is 3. The lowest BCUT2D eigenvalue weighted by Crippen LogP contribution is -2.30. The van der Waals surface area contributed by atoms with Gasteiger partial charge in [0, 0.05) is 11.6 Å². The Hall–Kier alpha value is -3.33. The van der Waals surface area contributed by atoms with Crippen LogP contribution in [0.1, 0.15) is 15.9 Å². The highest BCUT2D eigenvalue weighted by molar-refractivity contribution is 7.92. The van der Waals surface area contributed by atoms with Gasteiger partial charge >= 0.3 is 0 Å². The van der Waals surface area contributed by atoms with E-state index in [9.17, 15) is 26.4 Å². The third kappa shape index (κ3) is 4.98. The van der Waals surface area contributed by atoms with E-state index in [2.05, 4.69) is 5.32 Å². The molecule has 0 aliphatic rings. The molecule has 0 heterocycles. The van der Waals surface area contributed by atoms with Gasteiger partial charge < -0.3 is 5.32 Å². The number of rotatable bonds is 6. The number of halogens is 3. The molecule has 0 aliphatic heterocycles. The molecule has 5 nitrogen and oxygen atoms in total. The number of nitrogens with one attached hydrogen (secondary N) is 1. The highest BCUT2D eigenvalue weighted by atomic mass is 32.2. The number of benzene rings is 3. The van der Waals surface area contributed by atoms with Gasteiger partial charge in [-0.15, -0.1) is 0 Å². The summed E-state index contributed by atoms with van der Waals surface area (Å²) in [6, 6.07) is 14.1. The molecule has 0 atom stereocenters. The van der Waals surface area contributed by atoms with Crippen molar-refractivity contribution in [2.75, 3.05) is 15.9 Å². The zero-order chi connectivity index (χ0) is 21.9. The minimum absolute atomic E-state index is 0.0893. The molecule has 1 N–H and O–H groups in total. The maximum Gasteiger partial charge on any atom is 0.255 e. The summed E-state index contributed by atoms with van der Waals surface area (Å²) >= 11 is 0. The van der Waals surface area contributed by atoms with Gasteiger partial charge in [-0.3, -0.25) is 9.10 Å². The molecule has 0 saturated heterocycles. The van der Waals surface area contributed by atoms with Crippen LogP contribution in [0.5, 0.6) is 0 Å².